The Labute approximate surface area is 120 Å². The van der Waals surface area contributed by atoms with Gasteiger partial charge in [0, 0.05) is 35.7 Å². The predicted molar refractivity (Wildman–Crippen MR) is 76.8 cm³/mol. The molecule has 2 aromatic rings. The Morgan fingerprint density at radius 3 is 3.11 bits per heavy atom. The van der Waals surface area contributed by atoms with Gasteiger partial charge in [0.2, 0.25) is 5.91 Å². The van der Waals surface area contributed by atoms with Gasteiger partial charge in [0.05, 0.1) is 5.69 Å². The molecule has 1 aromatic heterocycles. The molecule has 98 valence electrons. The number of carbonyl (C=O) groups excluding carboxylic acids is 1. The average molecular weight is 320 g/mol. The zero-order chi connectivity index (χ0) is 13.2. The molecule has 19 heavy (non-hydrogen) atoms. The summed E-state index contributed by atoms with van der Waals surface area (Å²) in [5, 5.41) is 2.98. The van der Waals surface area contributed by atoms with Gasteiger partial charge in [0.15, 0.2) is 0 Å². The molecule has 1 aliphatic rings. The molecule has 1 aliphatic heterocycles. The first kappa shape index (κ1) is 12.4. The third kappa shape index (κ3) is 2.56. The van der Waals surface area contributed by atoms with E-state index in [1.54, 1.807) is 6.20 Å². The van der Waals surface area contributed by atoms with E-state index >= 15 is 0 Å². The molecule has 1 N–H and O–H groups in total. The first-order valence-electron chi connectivity index (χ1n) is 6.29. The zero-order valence-electron chi connectivity index (χ0n) is 10.3. The van der Waals surface area contributed by atoms with Gasteiger partial charge in [-0.2, -0.15) is 0 Å². The van der Waals surface area contributed by atoms with Gasteiger partial charge < -0.3 is 9.88 Å². The van der Waals surface area contributed by atoms with Gasteiger partial charge in [-0.25, -0.2) is 4.98 Å². The lowest BCUT2D eigenvalue weighted by atomic mass is 9.97. The van der Waals surface area contributed by atoms with Gasteiger partial charge in [-0.1, -0.05) is 12.1 Å². The summed E-state index contributed by atoms with van der Waals surface area (Å²) in [6.45, 7) is 0.864. The summed E-state index contributed by atoms with van der Waals surface area (Å²) in [7, 11) is 0. The van der Waals surface area contributed by atoms with E-state index in [1.807, 2.05) is 30.5 Å². The number of imidazole rings is 1. The molecule has 0 spiro atoms. The van der Waals surface area contributed by atoms with Gasteiger partial charge in [-0.05, 0) is 34.5 Å². The summed E-state index contributed by atoms with van der Waals surface area (Å²) >= 11 is 3.44. The SMILES string of the molecule is O=C(Nc1ccccc1Br)C1CCn2ccnc2C1. The van der Waals surface area contributed by atoms with Crippen LogP contribution in [-0.4, -0.2) is 15.5 Å². The van der Waals surface area contributed by atoms with E-state index in [4.69, 9.17) is 0 Å². The fourth-order valence-corrected chi connectivity index (χ4v) is 2.76. The van der Waals surface area contributed by atoms with E-state index in [2.05, 4.69) is 30.8 Å². The molecule has 1 amide bonds. The van der Waals surface area contributed by atoms with Crippen LogP contribution in [-0.2, 0) is 17.8 Å². The van der Waals surface area contributed by atoms with Crippen molar-refractivity contribution in [3.63, 3.8) is 0 Å². The normalized spacial score (nSPS) is 17.8. The molecule has 4 nitrogen and oxygen atoms in total. The third-order valence-electron chi connectivity index (χ3n) is 3.45. The van der Waals surface area contributed by atoms with E-state index < -0.39 is 0 Å². The standard InChI is InChI=1S/C14H14BrN3O/c15-11-3-1-2-4-12(11)17-14(19)10-5-7-18-8-6-16-13(18)9-10/h1-4,6,8,10H,5,7,9H2,(H,17,19). The summed E-state index contributed by atoms with van der Waals surface area (Å²) in [6.07, 6.45) is 5.34. The topological polar surface area (TPSA) is 46.9 Å². The van der Waals surface area contributed by atoms with Crippen LogP contribution in [0.25, 0.3) is 0 Å². The summed E-state index contributed by atoms with van der Waals surface area (Å²) in [5.74, 6) is 1.07. The largest absolute Gasteiger partial charge is 0.335 e. The molecule has 0 saturated carbocycles. The highest BCUT2D eigenvalue weighted by Crippen LogP contribution is 2.24. The molecular formula is C14H14BrN3O. The monoisotopic (exact) mass is 319 g/mol. The lowest BCUT2D eigenvalue weighted by Gasteiger charge is -2.22. The molecule has 0 fully saturated rings. The smallest absolute Gasteiger partial charge is 0.228 e. The van der Waals surface area contributed by atoms with Crippen LogP contribution in [0.3, 0.4) is 0 Å². The number of para-hydroxylation sites is 1. The lowest BCUT2D eigenvalue weighted by molar-refractivity contribution is -0.120. The number of hydrogen-bond donors (Lipinski definition) is 1. The Bertz CT molecular complexity index is 608. The number of fused-ring (bicyclic) bond motifs is 1. The second-order valence-electron chi connectivity index (χ2n) is 4.70. The number of carbonyl (C=O) groups is 1. The van der Waals surface area contributed by atoms with Crippen molar-refractivity contribution in [2.45, 2.75) is 19.4 Å². The van der Waals surface area contributed by atoms with Crippen molar-refractivity contribution in [1.29, 1.82) is 0 Å². The van der Waals surface area contributed by atoms with Gasteiger partial charge >= 0.3 is 0 Å². The van der Waals surface area contributed by atoms with Crippen molar-refractivity contribution in [2.24, 2.45) is 5.92 Å². The highest BCUT2D eigenvalue weighted by Gasteiger charge is 2.25. The van der Waals surface area contributed by atoms with Gasteiger partial charge in [-0.3, -0.25) is 4.79 Å². The Morgan fingerprint density at radius 2 is 2.26 bits per heavy atom. The molecule has 0 radical (unpaired) electrons. The van der Waals surface area contributed by atoms with Crippen LogP contribution < -0.4 is 5.32 Å². The number of nitrogens with zero attached hydrogens (tertiary/aromatic N) is 2. The van der Waals surface area contributed by atoms with Gasteiger partial charge in [0.25, 0.3) is 0 Å². The molecule has 5 heteroatoms. The fourth-order valence-electron chi connectivity index (χ4n) is 2.37. The zero-order valence-corrected chi connectivity index (χ0v) is 11.9. The Morgan fingerprint density at radius 1 is 1.42 bits per heavy atom. The van der Waals surface area contributed by atoms with Crippen LogP contribution in [0, 0.1) is 5.92 Å². The van der Waals surface area contributed by atoms with Crippen molar-refractivity contribution in [2.75, 3.05) is 5.32 Å². The maximum atomic E-state index is 12.3. The summed E-state index contributed by atoms with van der Waals surface area (Å²) in [5.41, 5.74) is 0.821. The molecule has 0 aliphatic carbocycles. The van der Waals surface area contributed by atoms with E-state index in [1.165, 1.54) is 0 Å². The van der Waals surface area contributed by atoms with Crippen LogP contribution in [0.4, 0.5) is 5.69 Å². The Kier molecular flexibility index (Phi) is 3.38. The molecule has 1 unspecified atom stereocenters. The average Bonchev–Trinajstić information content (AvgIpc) is 2.88. The Balaban J connectivity index is 1.71. The van der Waals surface area contributed by atoms with Crippen molar-refractivity contribution < 1.29 is 4.79 Å². The maximum absolute atomic E-state index is 12.3. The summed E-state index contributed by atoms with van der Waals surface area (Å²) in [4.78, 5) is 16.6. The number of hydrogen-bond acceptors (Lipinski definition) is 2. The number of benzene rings is 1. The molecule has 0 saturated heterocycles. The molecule has 2 heterocycles. The lowest BCUT2D eigenvalue weighted by Crippen LogP contribution is -2.30. The van der Waals surface area contributed by atoms with Crippen molar-refractivity contribution in [1.82, 2.24) is 9.55 Å². The highest BCUT2D eigenvalue weighted by molar-refractivity contribution is 9.10. The van der Waals surface area contributed by atoms with Gasteiger partial charge in [0.1, 0.15) is 5.82 Å². The number of aromatic nitrogens is 2. The molecule has 1 atom stereocenters. The first-order valence-corrected chi connectivity index (χ1v) is 7.09. The van der Waals surface area contributed by atoms with Crippen LogP contribution >= 0.6 is 15.9 Å². The number of anilines is 1. The minimum atomic E-state index is 0.00186. The van der Waals surface area contributed by atoms with Crippen LogP contribution in [0.1, 0.15) is 12.2 Å². The predicted octanol–water partition coefficient (Wildman–Crippen LogP) is 2.85. The van der Waals surface area contributed by atoms with Crippen LogP contribution in [0.15, 0.2) is 41.1 Å². The van der Waals surface area contributed by atoms with E-state index in [-0.39, 0.29) is 11.8 Å². The fraction of sp³-hybridized carbons (Fsp3) is 0.286. The minimum absolute atomic E-state index is 0.00186. The molecule has 1 aromatic carbocycles. The molecule has 0 bridgehead atoms. The second-order valence-corrected chi connectivity index (χ2v) is 5.55. The highest BCUT2D eigenvalue weighted by atomic mass is 79.9. The summed E-state index contributed by atoms with van der Waals surface area (Å²) in [6, 6.07) is 7.65. The second kappa shape index (κ2) is 5.17. The third-order valence-corrected chi connectivity index (χ3v) is 4.14. The van der Waals surface area contributed by atoms with Crippen LogP contribution in [0.2, 0.25) is 0 Å². The van der Waals surface area contributed by atoms with Crippen molar-refractivity contribution in [3.05, 3.63) is 47.0 Å². The molecular weight excluding hydrogens is 306 g/mol. The maximum Gasteiger partial charge on any atom is 0.228 e. The molecule has 3 rings (SSSR count). The minimum Gasteiger partial charge on any atom is -0.335 e. The number of amides is 1. The van der Waals surface area contributed by atoms with Gasteiger partial charge in [-0.15, -0.1) is 0 Å². The quantitative estimate of drug-likeness (QED) is 0.925. The number of aryl methyl sites for hydroxylation is 1. The Hall–Kier alpha value is -1.62. The first-order chi connectivity index (χ1) is 9.24. The van der Waals surface area contributed by atoms with Crippen molar-refractivity contribution >= 4 is 27.5 Å². The van der Waals surface area contributed by atoms with E-state index in [9.17, 15) is 4.79 Å². The van der Waals surface area contributed by atoms with Crippen molar-refractivity contribution in [3.8, 4) is 0 Å². The van der Waals surface area contributed by atoms with E-state index in [0.29, 0.717) is 6.42 Å². The number of halogens is 1. The summed E-state index contributed by atoms with van der Waals surface area (Å²) < 4.78 is 3.02. The van der Waals surface area contributed by atoms with E-state index in [0.717, 1.165) is 29.0 Å². The number of rotatable bonds is 2. The van der Waals surface area contributed by atoms with Crippen LogP contribution in [0.5, 0.6) is 0 Å². The number of nitrogens with one attached hydrogen (secondary N) is 1.